The van der Waals surface area contributed by atoms with Gasteiger partial charge < -0.3 is 14.8 Å². The highest BCUT2D eigenvalue weighted by Crippen LogP contribution is 2.49. The number of piperidine rings is 1. The van der Waals surface area contributed by atoms with Crippen LogP contribution in [0.15, 0.2) is 72.8 Å². The number of aliphatic hydroxyl groups excluding tert-OH is 1. The van der Waals surface area contributed by atoms with Gasteiger partial charge >= 0.3 is 0 Å². The standard InChI is InChI=1S/C31H34ClN3O2/c1-37-25-11-12-26-27(17-25)33-30-28(20-36)35(19-23-7-9-24(32)10-8-23)21-31(29(26)30)13-15-34(16-14-31)18-22-5-3-2-4-6-22/h2-12,17,28,33,36H,13-16,18-21H2,1H3/t28-/m1/s1. The van der Waals surface area contributed by atoms with Crippen LogP contribution < -0.4 is 4.74 Å². The van der Waals surface area contributed by atoms with E-state index in [1.54, 1.807) is 7.11 Å². The molecule has 3 heterocycles. The number of nitrogens with zero attached hydrogens (tertiary/aromatic N) is 2. The van der Waals surface area contributed by atoms with Crippen molar-refractivity contribution in [2.75, 3.05) is 33.4 Å². The molecule has 192 valence electrons. The van der Waals surface area contributed by atoms with Crippen LogP contribution in [-0.2, 0) is 18.5 Å². The third kappa shape index (κ3) is 4.66. The van der Waals surface area contributed by atoms with E-state index < -0.39 is 0 Å². The summed E-state index contributed by atoms with van der Waals surface area (Å²) < 4.78 is 5.53. The summed E-state index contributed by atoms with van der Waals surface area (Å²) >= 11 is 6.16. The number of ether oxygens (including phenoxy) is 1. The van der Waals surface area contributed by atoms with Gasteiger partial charge in [0.15, 0.2) is 0 Å². The number of aromatic amines is 1. The van der Waals surface area contributed by atoms with Gasteiger partial charge in [-0.1, -0.05) is 54.1 Å². The van der Waals surface area contributed by atoms with Gasteiger partial charge in [-0.15, -0.1) is 0 Å². The highest BCUT2D eigenvalue weighted by Gasteiger charge is 2.47. The van der Waals surface area contributed by atoms with E-state index in [9.17, 15) is 5.11 Å². The molecule has 2 N–H and O–H groups in total. The van der Waals surface area contributed by atoms with Crippen molar-refractivity contribution < 1.29 is 9.84 Å². The second-order valence-corrected chi connectivity index (χ2v) is 11.0. The van der Waals surface area contributed by atoms with Gasteiger partial charge in [0.1, 0.15) is 5.75 Å². The van der Waals surface area contributed by atoms with E-state index in [1.165, 1.54) is 22.1 Å². The topological polar surface area (TPSA) is 51.7 Å². The first-order valence-electron chi connectivity index (χ1n) is 13.1. The van der Waals surface area contributed by atoms with Crippen molar-refractivity contribution in [1.29, 1.82) is 0 Å². The van der Waals surface area contributed by atoms with Crippen molar-refractivity contribution in [1.82, 2.24) is 14.8 Å². The minimum Gasteiger partial charge on any atom is -0.497 e. The number of nitrogens with one attached hydrogen (secondary N) is 1. The van der Waals surface area contributed by atoms with Gasteiger partial charge in [0.2, 0.25) is 0 Å². The largest absolute Gasteiger partial charge is 0.497 e. The van der Waals surface area contributed by atoms with Crippen LogP contribution in [0.3, 0.4) is 0 Å². The van der Waals surface area contributed by atoms with Crippen molar-refractivity contribution in [3.63, 3.8) is 0 Å². The Morgan fingerprint density at radius 2 is 1.70 bits per heavy atom. The molecule has 1 spiro atoms. The molecule has 1 fully saturated rings. The first-order chi connectivity index (χ1) is 18.1. The zero-order chi connectivity index (χ0) is 25.4. The number of hydrogen-bond acceptors (Lipinski definition) is 4. The molecule has 2 aliphatic rings. The van der Waals surface area contributed by atoms with Crippen molar-refractivity contribution in [3.05, 3.63) is 100 Å². The van der Waals surface area contributed by atoms with Gasteiger partial charge in [0.25, 0.3) is 0 Å². The molecule has 37 heavy (non-hydrogen) atoms. The van der Waals surface area contributed by atoms with Crippen molar-refractivity contribution in [3.8, 4) is 5.75 Å². The number of likely N-dealkylation sites (tertiary alicyclic amines) is 1. The summed E-state index contributed by atoms with van der Waals surface area (Å²) in [6, 6.07) is 25.1. The fourth-order valence-corrected chi connectivity index (χ4v) is 6.62. The quantitative estimate of drug-likeness (QED) is 0.335. The molecule has 6 rings (SSSR count). The summed E-state index contributed by atoms with van der Waals surface area (Å²) in [6.07, 6.45) is 2.17. The third-order valence-electron chi connectivity index (χ3n) is 8.38. The molecule has 4 aromatic rings. The van der Waals surface area contributed by atoms with E-state index in [-0.39, 0.29) is 18.1 Å². The number of methoxy groups -OCH3 is 1. The first kappa shape index (κ1) is 24.5. The molecule has 0 unspecified atom stereocenters. The number of fused-ring (bicyclic) bond motifs is 4. The van der Waals surface area contributed by atoms with Crippen LogP contribution in [0.4, 0.5) is 0 Å². The van der Waals surface area contributed by atoms with Crippen LogP contribution in [0.2, 0.25) is 5.02 Å². The molecular weight excluding hydrogens is 482 g/mol. The lowest BCUT2D eigenvalue weighted by molar-refractivity contribution is 0.0420. The van der Waals surface area contributed by atoms with E-state index in [0.717, 1.165) is 67.5 Å². The molecule has 1 aromatic heterocycles. The maximum Gasteiger partial charge on any atom is 0.120 e. The van der Waals surface area contributed by atoms with Gasteiger partial charge in [0, 0.05) is 52.7 Å². The zero-order valence-electron chi connectivity index (χ0n) is 21.3. The highest BCUT2D eigenvalue weighted by molar-refractivity contribution is 6.30. The number of aliphatic hydroxyl groups is 1. The van der Waals surface area contributed by atoms with Crippen LogP contribution in [0.25, 0.3) is 10.9 Å². The molecule has 0 bridgehead atoms. The number of halogens is 1. The van der Waals surface area contributed by atoms with E-state index >= 15 is 0 Å². The summed E-state index contributed by atoms with van der Waals surface area (Å²) in [5.74, 6) is 0.844. The third-order valence-corrected chi connectivity index (χ3v) is 8.63. The Labute approximate surface area is 223 Å². The first-order valence-corrected chi connectivity index (χ1v) is 13.5. The van der Waals surface area contributed by atoms with Gasteiger partial charge in [-0.05, 0) is 66.9 Å². The average Bonchev–Trinajstić information content (AvgIpc) is 3.31. The van der Waals surface area contributed by atoms with Crippen LogP contribution in [0, 0.1) is 0 Å². The maximum atomic E-state index is 10.6. The molecule has 5 nitrogen and oxygen atoms in total. The summed E-state index contributed by atoms with van der Waals surface area (Å²) in [5.41, 5.74) is 6.24. The predicted octanol–water partition coefficient (Wildman–Crippen LogP) is 5.91. The fraction of sp³-hybridized carbons (Fsp3) is 0.355. The lowest BCUT2D eigenvalue weighted by Gasteiger charge is -2.50. The lowest BCUT2D eigenvalue weighted by Crippen LogP contribution is -2.53. The lowest BCUT2D eigenvalue weighted by atomic mass is 9.68. The molecule has 6 heteroatoms. The van der Waals surface area contributed by atoms with Crippen molar-refractivity contribution >= 4 is 22.5 Å². The molecule has 1 atom stereocenters. The maximum absolute atomic E-state index is 10.6. The molecule has 0 saturated carbocycles. The van der Waals surface area contributed by atoms with Crippen LogP contribution >= 0.6 is 11.6 Å². The predicted molar refractivity (Wildman–Crippen MR) is 149 cm³/mol. The summed E-state index contributed by atoms with van der Waals surface area (Å²) in [4.78, 5) is 8.77. The zero-order valence-corrected chi connectivity index (χ0v) is 22.0. The van der Waals surface area contributed by atoms with E-state index in [1.807, 2.05) is 12.1 Å². The number of aromatic nitrogens is 1. The molecular formula is C31H34ClN3O2. The number of benzene rings is 3. The van der Waals surface area contributed by atoms with E-state index in [4.69, 9.17) is 16.3 Å². The van der Waals surface area contributed by atoms with Crippen LogP contribution in [0.1, 0.15) is 41.3 Å². The number of rotatable bonds is 6. The number of hydrogen-bond donors (Lipinski definition) is 2. The highest BCUT2D eigenvalue weighted by atomic mass is 35.5. The smallest absolute Gasteiger partial charge is 0.120 e. The van der Waals surface area contributed by atoms with Crippen LogP contribution in [-0.4, -0.2) is 53.2 Å². The van der Waals surface area contributed by atoms with Gasteiger partial charge in [-0.2, -0.15) is 0 Å². The Morgan fingerprint density at radius 1 is 0.973 bits per heavy atom. The second-order valence-electron chi connectivity index (χ2n) is 10.6. The summed E-state index contributed by atoms with van der Waals surface area (Å²) in [6.45, 7) is 4.86. The molecule has 3 aromatic carbocycles. The van der Waals surface area contributed by atoms with Crippen LogP contribution in [0.5, 0.6) is 5.75 Å². The fourth-order valence-electron chi connectivity index (χ4n) is 6.49. The minimum absolute atomic E-state index is 0.0213. The Balaban J connectivity index is 1.37. The van der Waals surface area contributed by atoms with Gasteiger partial charge in [0.05, 0.1) is 19.8 Å². The summed E-state index contributed by atoms with van der Waals surface area (Å²) in [7, 11) is 1.71. The van der Waals surface area contributed by atoms with Crippen molar-refractivity contribution in [2.24, 2.45) is 0 Å². The van der Waals surface area contributed by atoms with Gasteiger partial charge in [-0.25, -0.2) is 0 Å². The Hall–Kier alpha value is -2.83. The van der Waals surface area contributed by atoms with E-state index in [0.29, 0.717) is 0 Å². The normalized spacial score (nSPS) is 19.8. The molecule has 0 radical (unpaired) electrons. The Kier molecular flexibility index (Phi) is 6.72. The summed E-state index contributed by atoms with van der Waals surface area (Å²) in [5, 5.41) is 12.6. The minimum atomic E-state index is -0.0861. The molecule has 0 aliphatic carbocycles. The second kappa shape index (κ2) is 10.1. The SMILES string of the molecule is COc1ccc2c3c([nH]c2c1)[C@@H](CO)N(Cc1ccc(Cl)cc1)CC31CCN(Cc2ccccc2)CC1. The Morgan fingerprint density at radius 3 is 2.41 bits per heavy atom. The Bertz CT molecular complexity index is 1360. The average molecular weight is 516 g/mol. The number of H-pyrrole nitrogens is 1. The molecule has 2 aliphatic heterocycles. The van der Waals surface area contributed by atoms with E-state index in [2.05, 4.69) is 75.4 Å². The monoisotopic (exact) mass is 515 g/mol. The molecule has 1 saturated heterocycles. The van der Waals surface area contributed by atoms with Gasteiger partial charge in [-0.3, -0.25) is 9.80 Å². The van der Waals surface area contributed by atoms with Crippen molar-refractivity contribution in [2.45, 2.75) is 37.4 Å². The molecule has 0 amide bonds.